The van der Waals surface area contributed by atoms with Crippen LogP contribution in [0.15, 0.2) is 84.9 Å². The molecule has 5 heterocycles. The SMILES string of the molecule is Cc1cc(C)c(-c2c3nc(c(-c4c(C)cc(C)cc4C)c4ccc([nH]4)c(-c4c(C)cc(C)cc4C)c4nc(c(-c5ccc(P(=O)(O)O)cc5)c5ccc2[nH]5)C=C4)C=C3)c(C)c1. The average Bonchev–Trinajstić information content (AvgIpc) is 4.01. The van der Waals surface area contributed by atoms with E-state index in [1.807, 2.05) is 6.08 Å². The molecule has 0 amide bonds. The van der Waals surface area contributed by atoms with Crippen LogP contribution in [0.4, 0.5) is 0 Å². The van der Waals surface area contributed by atoms with Gasteiger partial charge >= 0.3 is 7.60 Å². The maximum absolute atomic E-state index is 12.3. The normalized spacial score (nSPS) is 12.4. The summed E-state index contributed by atoms with van der Waals surface area (Å²) in [5.41, 5.74) is 25.3. The molecule has 2 aliphatic heterocycles. The standard InChI is InChI=1S/C53H49N4O3P/c1-28-22-31(4)47(32(5)23-28)51-41-16-14-39(54-41)50(37-10-12-38(13-11-37)61(58,59)60)40-15-17-42(55-40)52(48-33(6)24-29(2)25-34(48)7)44-19-21-46(57-44)53(45-20-18-43(51)56-45)49-35(8)26-30(3)27-36(49)9/h10-27,54,57H,1-9H3,(H2,58,59,60). The highest BCUT2D eigenvalue weighted by molar-refractivity contribution is 7.60. The van der Waals surface area contributed by atoms with E-state index in [1.54, 1.807) is 12.1 Å². The second-order valence-electron chi connectivity index (χ2n) is 16.9. The number of aryl methyl sites for hydroxylation is 9. The van der Waals surface area contributed by atoms with E-state index in [2.05, 4.69) is 151 Å². The minimum Gasteiger partial charge on any atom is -0.354 e. The second kappa shape index (κ2) is 15.0. The van der Waals surface area contributed by atoms with E-state index in [0.29, 0.717) is 0 Å². The lowest BCUT2D eigenvalue weighted by atomic mass is 9.92. The molecule has 0 spiro atoms. The van der Waals surface area contributed by atoms with Gasteiger partial charge in [0.15, 0.2) is 0 Å². The smallest absolute Gasteiger partial charge is 0.354 e. The van der Waals surface area contributed by atoms with Gasteiger partial charge in [-0.3, -0.25) is 4.57 Å². The molecule has 8 bridgehead atoms. The molecule has 61 heavy (non-hydrogen) atoms. The molecular weight excluding hydrogens is 772 g/mol. The second-order valence-corrected chi connectivity index (χ2v) is 18.5. The summed E-state index contributed by atoms with van der Waals surface area (Å²) in [6.07, 6.45) is 8.41. The zero-order valence-electron chi connectivity index (χ0n) is 36.0. The summed E-state index contributed by atoms with van der Waals surface area (Å²) in [6.45, 7) is 19.4. The van der Waals surface area contributed by atoms with Crippen molar-refractivity contribution in [1.82, 2.24) is 19.9 Å². The molecule has 0 radical (unpaired) electrons. The molecule has 2 aliphatic rings. The third-order valence-corrected chi connectivity index (χ3v) is 13.0. The van der Waals surface area contributed by atoms with Crippen LogP contribution in [0.3, 0.4) is 0 Å². The van der Waals surface area contributed by atoms with Crippen molar-refractivity contribution in [2.24, 2.45) is 0 Å². The molecule has 8 heteroatoms. The Balaban J connectivity index is 1.51. The fraction of sp³-hybridized carbons (Fsp3) is 0.170. The number of rotatable bonds is 5. The number of nitrogens with one attached hydrogen (secondary N) is 2. The molecule has 0 saturated heterocycles. The minimum atomic E-state index is -4.46. The number of H-pyrrole nitrogens is 2. The molecule has 0 unspecified atom stereocenters. The van der Waals surface area contributed by atoms with Gasteiger partial charge in [-0.05, 0) is 179 Å². The van der Waals surface area contributed by atoms with Gasteiger partial charge in [-0.15, -0.1) is 0 Å². The monoisotopic (exact) mass is 820 g/mol. The summed E-state index contributed by atoms with van der Waals surface area (Å²) in [4.78, 5) is 38.8. The van der Waals surface area contributed by atoms with Crippen molar-refractivity contribution in [2.75, 3.05) is 0 Å². The summed E-state index contributed by atoms with van der Waals surface area (Å²) in [7, 11) is -4.46. The molecular formula is C53H49N4O3P. The van der Waals surface area contributed by atoms with Crippen molar-refractivity contribution in [3.63, 3.8) is 0 Å². The Morgan fingerprint density at radius 1 is 0.393 bits per heavy atom. The summed E-state index contributed by atoms with van der Waals surface area (Å²) in [5.74, 6) is 0. The molecule has 0 fully saturated rings. The Hall–Kier alpha value is -6.37. The van der Waals surface area contributed by atoms with Crippen LogP contribution in [0.2, 0.25) is 0 Å². The average molecular weight is 821 g/mol. The zero-order valence-corrected chi connectivity index (χ0v) is 36.9. The number of fused-ring (bicyclic) bond motifs is 8. The van der Waals surface area contributed by atoms with Crippen LogP contribution in [0.1, 0.15) is 72.8 Å². The van der Waals surface area contributed by atoms with Gasteiger partial charge in [0.2, 0.25) is 0 Å². The highest BCUT2D eigenvalue weighted by Gasteiger charge is 2.23. The largest absolute Gasteiger partial charge is 0.356 e. The molecule has 7 nitrogen and oxygen atoms in total. The Labute approximate surface area is 356 Å². The first-order valence-electron chi connectivity index (χ1n) is 20.6. The Morgan fingerprint density at radius 3 is 0.967 bits per heavy atom. The summed E-state index contributed by atoms with van der Waals surface area (Å²) >= 11 is 0. The van der Waals surface area contributed by atoms with Gasteiger partial charge in [-0.25, -0.2) is 9.97 Å². The zero-order chi connectivity index (χ0) is 43.1. The predicted molar refractivity (Wildman–Crippen MR) is 255 cm³/mol. The maximum atomic E-state index is 12.3. The van der Waals surface area contributed by atoms with Crippen molar-refractivity contribution in [1.29, 1.82) is 0 Å². The fourth-order valence-electron chi connectivity index (χ4n) is 9.84. The van der Waals surface area contributed by atoms with Crippen LogP contribution in [0.25, 0.3) is 90.9 Å². The molecule has 7 aromatic rings. The Bertz CT molecular complexity index is 3160. The van der Waals surface area contributed by atoms with Crippen LogP contribution >= 0.6 is 7.60 Å². The summed E-state index contributed by atoms with van der Waals surface area (Å²) in [5, 5.41) is -0.0388. The van der Waals surface area contributed by atoms with Crippen molar-refractivity contribution in [3.8, 4) is 44.5 Å². The van der Waals surface area contributed by atoms with Gasteiger partial charge in [0.1, 0.15) is 0 Å². The molecule has 9 rings (SSSR count). The van der Waals surface area contributed by atoms with Gasteiger partial charge in [-0.1, -0.05) is 65.2 Å². The van der Waals surface area contributed by atoms with Crippen LogP contribution in [0, 0.1) is 62.3 Å². The number of nitrogens with zero attached hydrogens (tertiary/aromatic N) is 2. The van der Waals surface area contributed by atoms with Crippen molar-refractivity contribution >= 4 is 59.3 Å². The molecule has 4 aromatic carbocycles. The first-order chi connectivity index (χ1) is 29.0. The number of benzene rings is 4. The van der Waals surface area contributed by atoms with E-state index < -0.39 is 7.60 Å². The lowest BCUT2D eigenvalue weighted by Crippen LogP contribution is -2.02. The van der Waals surface area contributed by atoms with Crippen molar-refractivity contribution in [2.45, 2.75) is 62.3 Å². The van der Waals surface area contributed by atoms with Gasteiger partial charge in [0.25, 0.3) is 0 Å². The lowest BCUT2D eigenvalue weighted by Gasteiger charge is -2.14. The van der Waals surface area contributed by atoms with Crippen LogP contribution in [0.5, 0.6) is 0 Å². The molecule has 0 saturated carbocycles. The van der Waals surface area contributed by atoms with Gasteiger partial charge < -0.3 is 19.8 Å². The Kier molecular flexibility index (Phi) is 9.83. The minimum absolute atomic E-state index is 0.0388. The lowest BCUT2D eigenvalue weighted by molar-refractivity contribution is 0.387. The number of hydrogen-bond acceptors (Lipinski definition) is 3. The molecule has 0 atom stereocenters. The highest BCUT2D eigenvalue weighted by Crippen LogP contribution is 2.42. The fourth-order valence-corrected chi connectivity index (χ4v) is 10.4. The Morgan fingerprint density at radius 2 is 0.672 bits per heavy atom. The number of hydrogen-bond donors (Lipinski definition) is 4. The van der Waals surface area contributed by atoms with E-state index >= 15 is 0 Å². The molecule has 4 N–H and O–H groups in total. The topological polar surface area (TPSA) is 115 Å². The van der Waals surface area contributed by atoms with E-state index in [0.717, 1.165) is 112 Å². The first kappa shape index (κ1) is 40.1. The van der Waals surface area contributed by atoms with E-state index in [1.165, 1.54) is 39.9 Å². The number of aromatic nitrogens is 4. The van der Waals surface area contributed by atoms with Crippen LogP contribution < -0.4 is 5.30 Å². The van der Waals surface area contributed by atoms with E-state index in [-0.39, 0.29) is 5.30 Å². The highest BCUT2D eigenvalue weighted by atomic mass is 31.2. The van der Waals surface area contributed by atoms with Crippen LogP contribution in [-0.4, -0.2) is 29.7 Å². The quantitative estimate of drug-likeness (QED) is 0.129. The van der Waals surface area contributed by atoms with Crippen LogP contribution in [-0.2, 0) is 4.57 Å². The molecule has 3 aromatic heterocycles. The third kappa shape index (κ3) is 7.13. The predicted octanol–water partition coefficient (Wildman–Crippen LogP) is 12.9. The number of aromatic amines is 2. The first-order valence-corrected chi connectivity index (χ1v) is 22.2. The molecule has 0 aliphatic carbocycles. The molecule has 304 valence electrons. The van der Waals surface area contributed by atoms with E-state index in [4.69, 9.17) is 9.97 Å². The maximum Gasteiger partial charge on any atom is 0.356 e. The van der Waals surface area contributed by atoms with Crippen molar-refractivity contribution < 1.29 is 14.4 Å². The van der Waals surface area contributed by atoms with Gasteiger partial charge in [0.05, 0.1) is 28.1 Å². The third-order valence-electron chi connectivity index (χ3n) is 12.0. The van der Waals surface area contributed by atoms with Gasteiger partial charge in [-0.2, -0.15) is 0 Å². The summed E-state index contributed by atoms with van der Waals surface area (Å²) in [6, 6.07) is 28.4. The van der Waals surface area contributed by atoms with Crippen molar-refractivity contribution in [3.05, 3.63) is 158 Å². The van der Waals surface area contributed by atoms with Gasteiger partial charge in [0, 0.05) is 44.3 Å². The summed E-state index contributed by atoms with van der Waals surface area (Å²) < 4.78 is 12.3. The van der Waals surface area contributed by atoms with E-state index in [9.17, 15) is 14.4 Å².